The molecule has 14 heteroatoms. The molecule has 3 N–H and O–H groups in total. The Kier molecular flexibility index (Phi) is 8.73. The largest absolute Gasteiger partial charge is 0.390 e. The third-order valence-corrected chi connectivity index (χ3v) is 13.6. The van der Waals surface area contributed by atoms with E-state index in [1.807, 2.05) is 18.2 Å². The number of hydrogen-bond donors (Lipinski definition) is 3. The highest BCUT2D eigenvalue weighted by Crippen LogP contribution is 2.72. The standard InChI is InChI=1S/C40H38F2N2O9S/c1-37-13-12-23(46)15-28(37)29(41)16-27-26-17-32-40(31(48)20-45,38(26,2)18-30(47)39(27,37)42)53-36(52-32)21-6-8-24(9-7-21)54-25-5-3-4-22(14-25)43-33(49)19-44-34(50)10-11-35(44)51/h3-15,26-27,29-30,32,36,45,47H,16-20H2,1-2H3,(H,43,49)/t26-,27-,29-,30-,32+,36+,37-,38-,39-,40?/m0/s1. The van der Waals surface area contributed by atoms with Crippen LogP contribution in [0.2, 0.25) is 0 Å². The average Bonchev–Trinajstić information content (AvgIpc) is 3.76. The van der Waals surface area contributed by atoms with Crippen LogP contribution >= 0.6 is 11.8 Å². The minimum atomic E-state index is -2.34. The molecule has 3 amide bonds. The Morgan fingerprint density at radius 1 is 1.00 bits per heavy atom. The van der Waals surface area contributed by atoms with Crippen molar-refractivity contribution < 1.29 is 52.4 Å². The normalized spacial score (nSPS) is 37.8. The maximum Gasteiger partial charge on any atom is 0.254 e. The number of nitrogens with one attached hydrogen (secondary N) is 1. The molecule has 0 spiro atoms. The summed E-state index contributed by atoms with van der Waals surface area (Å²) in [4.78, 5) is 64.6. The number of nitrogens with zero attached hydrogens (tertiary/aromatic N) is 1. The highest BCUT2D eigenvalue weighted by atomic mass is 32.2. The SMILES string of the molecule is C[C@]12C[C@H](O)[C@@]3(F)[C@@H](C[C@H](F)C4=CC(=O)C=C[C@@]43C)[C@@H]1C[C@H]1O[C@@H](c3ccc(Sc4cccc(NC(=O)CN5C(=O)C=CC5=O)c4)cc3)OC12C(=O)CO. The lowest BCUT2D eigenvalue weighted by Crippen LogP contribution is -2.70. The third kappa shape index (κ3) is 5.24. The van der Waals surface area contributed by atoms with Crippen LogP contribution in [0.25, 0.3) is 0 Å². The highest BCUT2D eigenvalue weighted by Gasteiger charge is 2.80. The molecule has 6 aliphatic rings. The van der Waals surface area contributed by atoms with E-state index < -0.39 is 101 Å². The number of fused-ring (bicyclic) bond motifs is 7. The molecule has 0 radical (unpaired) electrons. The molecule has 3 saturated carbocycles. The third-order valence-electron chi connectivity index (χ3n) is 12.6. The van der Waals surface area contributed by atoms with Crippen LogP contribution in [0, 0.1) is 22.7 Å². The summed E-state index contributed by atoms with van der Waals surface area (Å²) in [6, 6.07) is 14.2. The summed E-state index contributed by atoms with van der Waals surface area (Å²) in [5, 5.41) is 24.7. The molecular weight excluding hydrogens is 723 g/mol. The van der Waals surface area contributed by atoms with Crippen LogP contribution in [0.4, 0.5) is 14.5 Å². The second-order valence-corrected chi connectivity index (χ2v) is 16.5. The maximum atomic E-state index is 17.7. The zero-order valence-electron chi connectivity index (χ0n) is 29.4. The van der Waals surface area contributed by atoms with Crippen molar-refractivity contribution in [1.29, 1.82) is 0 Å². The molecule has 11 nitrogen and oxygen atoms in total. The number of Topliss-reactive ketones (excluding diaryl/α,β-unsaturated/α-hetero) is 1. The number of ether oxygens (including phenoxy) is 2. The molecule has 282 valence electrons. The Bertz CT molecular complexity index is 2050. The van der Waals surface area contributed by atoms with Crippen molar-refractivity contribution in [3.8, 4) is 0 Å². The van der Waals surface area contributed by atoms with Gasteiger partial charge in [0.2, 0.25) is 5.91 Å². The molecule has 1 saturated heterocycles. The molecule has 2 aromatic rings. The Balaban J connectivity index is 0.997. The molecule has 4 aliphatic carbocycles. The Hall–Kier alpha value is -4.34. The van der Waals surface area contributed by atoms with Crippen LogP contribution in [0.15, 0.2) is 94.3 Å². The molecular formula is C40H38F2N2O9S. The van der Waals surface area contributed by atoms with E-state index in [-0.39, 0.29) is 24.8 Å². The first kappa shape index (κ1) is 36.6. The molecule has 2 heterocycles. The first-order chi connectivity index (χ1) is 25.6. The van der Waals surface area contributed by atoms with Crippen LogP contribution < -0.4 is 5.32 Å². The molecule has 4 fully saturated rings. The summed E-state index contributed by atoms with van der Waals surface area (Å²) in [5.41, 5.74) is -5.83. The fraction of sp³-hybridized carbons (Fsp3) is 0.425. The molecule has 1 unspecified atom stereocenters. The summed E-state index contributed by atoms with van der Waals surface area (Å²) in [6.45, 7) is 1.96. The summed E-state index contributed by atoms with van der Waals surface area (Å²) in [5.74, 6) is -4.42. The number of halogens is 2. The molecule has 8 rings (SSSR count). The fourth-order valence-corrected chi connectivity index (χ4v) is 11.0. The van der Waals surface area contributed by atoms with Crippen LogP contribution in [0.5, 0.6) is 0 Å². The number of anilines is 1. The van der Waals surface area contributed by atoms with Crippen molar-refractivity contribution in [1.82, 2.24) is 4.90 Å². The van der Waals surface area contributed by atoms with Gasteiger partial charge < -0.3 is 25.0 Å². The van der Waals surface area contributed by atoms with Crippen LogP contribution in [0.3, 0.4) is 0 Å². The highest BCUT2D eigenvalue weighted by molar-refractivity contribution is 7.99. The minimum Gasteiger partial charge on any atom is -0.390 e. The lowest BCUT2D eigenvalue weighted by atomic mass is 9.44. The van der Waals surface area contributed by atoms with Crippen molar-refractivity contribution in [2.24, 2.45) is 22.7 Å². The zero-order chi connectivity index (χ0) is 38.4. The Morgan fingerprint density at radius 3 is 2.43 bits per heavy atom. The smallest absolute Gasteiger partial charge is 0.254 e. The first-order valence-electron chi connectivity index (χ1n) is 17.8. The van der Waals surface area contributed by atoms with E-state index in [2.05, 4.69) is 5.32 Å². The number of alkyl halides is 2. The van der Waals surface area contributed by atoms with E-state index in [0.717, 1.165) is 32.9 Å². The number of hydrogen-bond acceptors (Lipinski definition) is 10. The van der Waals surface area contributed by atoms with E-state index in [0.29, 0.717) is 11.3 Å². The monoisotopic (exact) mass is 760 g/mol. The van der Waals surface area contributed by atoms with Gasteiger partial charge in [-0.3, -0.25) is 28.9 Å². The second kappa shape index (κ2) is 12.9. The minimum absolute atomic E-state index is 0.00717. The van der Waals surface area contributed by atoms with E-state index >= 15 is 8.78 Å². The lowest BCUT2D eigenvalue weighted by molar-refractivity contribution is -0.235. The van der Waals surface area contributed by atoms with Gasteiger partial charge in [0.15, 0.2) is 29.1 Å². The quantitative estimate of drug-likeness (QED) is 0.331. The van der Waals surface area contributed by atoms with E-state index in [4.69, 9.17) is 9.47 Å². The molecule has 2 aliphatic heterocycles. The zero-order valence-corrected chi connectivity index (χ0v) is 30.2. The number of allylic oxidation sites excluding steroid dienone is 4. The molecule has 0 bridgehead atoms. The van der Waals surface area contributed by atoms with Gasteiger partial charge in [-0.2, -0.15) is 0 Å². The second-order valence-electron chi connectivity index (χ2n) is 15.3. The number of aliphatic hydroxyl groups excluding tert-OH is 2. The predicted molar refractivity (Wildman–Crippen MR) is 189 cm³/mol. The number of benzene rings is 2. The maximum absolute atomic E-state index is 17.7. The first-order valence-corrected chi connectivity index (χ1v) is 18.6. The van der Waals surface area contributed by atoms with Crippen molar-refractivity contribution in [2.75, 3.05) is 18.5 Å². The van der Waals surface area contributed by atoms with Crippen molar-refractivity contribution in [3.63, 3.8) is 0 Å². The fourth-order valence-electron chi connectivity index (χ4n) is 10.1. The average molecular weight is 761 g/mol. The Morgan fingerprint density at radius 2 is 1.72 bits per heavy atom. The number of aliphatic hydroxyl groups is 2. The molecule has 0 aromatic heterocycles. The predicted octanol–water partition coefficient (Wildman–Crippen LogP) is 4.34. The number of amides is 3. The molecule has 2 aromatic carbocycles. The number of imide groups is 1. The summed E-state index contributed by atoms with van der Waals surface area (Å²) in [6.07, 6.45) is 0.331. The Labute approximate surface area is 313 Å². The molecule has 10 atom stereocenters. The van der Waals surface area contributed by atoms with Crippen molar-refractivity contribution in [2.45, 2.75) is 78.8 Å². The lowest BCUT2D eigenvalue weighted by Gasteiger charge is -2.63. The van der Waals surface area contributed by atoms with E-state index in [9.17, 15) is 34.2 Å². The van der Waals surface area contributed by atoms with Gasteiger partial charge >= 0.3 is 0 Å². The van der Waals surface area contributed by atoms with Gasteiger partial charge in [0, 0.05) is 49.9 Å². The summed E-state index contributed by atoms with van der Waals surface area (Å²) >= 11 is 1.40. The van der Waals surface area contributed by atoms with E-state index in [1.54, 1.807) is 37.3 Å². The van der Waals surface area contributed by atoms with Gasteiger partial charge in [0.25, 0.3) is 11.8 Å². The summed E-state index contributed by atoms with van der Waals surface area (Å²) in [7, 11) is 0. The van der Waals surface area contributed by atoms with E-state index in [1.165, 1.54) is 30.8 Å². The topological polar surface area (TPSA) is 160 Å². The van der Waals surface area contributed by atoms with Crippen LogP contribution in [-0.4, -0.2) is 87.2 Å². The number of carbonyl (C=O) groups excluding carboxylic acids is 5. The summed E-state index contributed by atoms with van der Waals surface area (Å²) < 4.78 is 46.5. The number of rotatable bonds is 8. The number of ketones is 2. The van der Waals surface area contributed by atoms with Crippen LogP contribution in [-0.2, 0) is 33.4 Å². The molecule has 54 heavy (non-hydrogen) atoms. The van der Waals surface area contributed by atoms with Crippen molar-refractivity contribution in [3.05, 3.63) is 90.0 Å². The van der Waals surface area contributed by atoms with Gasteiger partial charge in [-0.25, -0.2) is 8.78 Å². The van der Waals surface area contributed by atoms with Gasteiger partial charge in [0.05, 0.1) is 12.2 Å². The van der Waals surface area contributed by atoms with Crippen LogP contribution in [0.1, 0.15) is 45.0 Å². The van der Waals surface area contributed by atoms with Gasteiger partial charge in [-0.05, 0) is 80.2 Å². The van der Waals surface area contributed by atoms with Gasteiger partial charge in [-0.1, -0.05) is 43.0 Å². The number of carbonyl (C=O) groups is 5. The van der Waals surface area contributed by atoms with Gasteiger partial charge in [0.1, 0.15) is 19.3 Å². The van der Waals surface area contributed by atoms with Gasteiger partial charge in [-0.15, -0.1) is 0 Å². The van der Waals surface area contributed by atoms with Crippen molar-refractivity contribution >= 4 is 46.7 Å².